The predicted molar refractivity (Wildman–Crippen MR) is 80.8 cm³/mol. The van der Waals surface area contributed by atoms with Crippen molar-refractivity contribution in [3.05, 3.63) is 0 Å². The van der Waals surface area contributed by atoms with Crippen molar-refractivity contribution >= 4 is 23.7 Å². The minimum absolute atomic E-state index is 0.490. The molecule has 0 unspecified atom stereocenters. The van der Waals surface area contributed by atoms with E-state index in [4.69, 9.17) is 0 Å². The molecule has 0 aromatic carbocycles. The highest BCUT2D eigenvalue weighted by atomic mass is 32.2. The van der Waals surface area contributed by atoms with Gasteiger partial charge in [-0.15, -0.1) is 0 Å². The summed E-state index contributed by atoms with van der Waals surface area (Å²) in [5.74, 6) is 1.04. The number of aromatic nitrogens is 3. The molecule has 0 radical (unpaired) electrons. The van der Waals surface area contributed by atoms with E-state index in [-0.39, 0.29) is 0 Å². The van der Waals surface area contributed by atoms with Gasteiger partial charge in [-0.25, -0.2) is 0 Å². The van der Waals surface area contributed by atoms with Crippen molar-refractivity contribution in [2.75, 3.05) is 23.4 Å². The molecule has 1 saturated carbocycles. The maximum Gasteiger partial charge on any atom is 0.229 e. The minimum Gasteiger partial charge on any atom is -0.354 e. The lowest BCUT2D eigenvalue weighted by atomic mass is 9.83. The molecule has 6 nitrogen and oxygen atoms in total. The monoisotopic (exact) mass is 292 g/mol. The van der Waals surface area contributed by atoms with Gasteiger partial charge in [0.05, 0.1) is 6.07 Å². The van der Waals surface area contributed by atoms with Crippen LogP contribution in [0.25, 0.3) is 0 Å². The Labute approximate surface area is 123 Å². The standard InChI is InChI=1S/C13H20N6S/c1-3-15-10-16-11(18-12(17-10)20-2)19-13(9-14)7-5-4-6-8-13/h3-8H2,1-2H3,(H2,15,16,17,18,19). The van der Waals surface area contributed by atoms with E-state index in [9.17, 15) is 5.26 Å². The lowest BCUT2D eigenvalue weighted by molar-refractivity contribution is 0.390. The molecule has 1 aromatic rings. The van der Waals surface area contributed by atoms with Crippen molar-refractivity contribution in [1.29, 1.82) is 5.26 Å². The molecule has 1 aliphatic carbocycles. The van der Waals surface area contributed by atoms with E-state index in [1.807, 2.05) is 13.2 Å². The summed E-state index contributed by atoms with van der Waals surface area (Å²) < 4.78 is 0. The fourth-order valence-electron chi connectivity index (χ4n) is 2.37. The second kappa shape index (κ2) is 6.75. The summed E-state index contributed by atoms with van der Waals surface area (Å²) in [5, 5.41) is 16.5. The number of nitrogens with zero attached hydrogens (tertiary/aromatic N) is 4. The van der Waals surface area contributed by atoms with Crippen LogP contribution < -0.4 is 10.6 Å². The minimum atomic E-state index is -0.529. The molecule has 0 spiro atoms. The number of nitrogens with one attached hydrogen (secondary N) is 2. The quantitative estimate of drug-likeness (QED) is 0.807. The zero-order valence-electron chi connectivity index (χ0n) is 11.9. The highest BCUT2D eigenvalue weighted by Gasteiger charge is 2.32. The van der Waals surface area contributed by atoms with Crippen LogP contribution in [0, 0.1) is 11.3 Å². The maximum absolute atomic E-state index is 9.50. The summed E-state index contributed by atoms with van der Waals surface area (Å²) in [6, 6.07) is 2.42. The van der Waals surface area contributed by atoms with Crippen LogP contribution in [0.2, 0.25) is 0 Å². The summed E-state index contributed by atoms with van der Waals surface area (Å²) in [4.78, 5) is 13.0. The van der Waals surface area contributed by atoms with Gasteiger partial charge in [0.15, 0.2) is 5.16 Å². The molecule has 1 heterocycles. The molecule has 20 heavy (non-hydrogen) atoms. The Morgan fingerprint density at radius 1 is 1.20 bits per heavy atom. The van der Waals surface area contributed by atoms with Crippen molar-refractivity contribution in [2.24, 2.45) is 0 Å². The van der Waals surface area contributed by atoms with Crippen molar-refractivity contribution in [1.82, 2.24) is 15.0 Å². The first-order valence-electron chi connectivity index (χ1n) is 6.95. The van der Waals surface area contributed by atoms with Crippen LogP contribution in [-0.2, 0) is 0 Å². The third kappa shape index (κ3) is 3.51. The summed E-state index contributed by atoms with van der Waals surface area (Å²) >= 11 is 1.47. The van der Waals surface area contributed by atoms with E-state index in [1.165, 1.54) is 18.2 Å². The Morgan fingerprint density at radius 3 is 2.50 bits per heavy atom. The summed E-state index contributed by atoms with van der Waals surface area (Å²) in [5.41, 5.74) is -0.529. The Morgan fingerprint density at radius 2 is 1.90 bits per heavy atom. The number of hydrogen-bond donors (Lipinski definition) is 2. The smallest absolute Gasteiger partial charge is 0.229 e. The van der Waals surface area contributed by atoms with Gasteiger partial charge in [-0.1, -0.05) is 31.0 Å². The molecule has 0 saturated heterocycles. The third-order valence-electron chi connectivity index (χ3n) is 3.40. The van der Waals surface area contributed by atoms with E-state index in [0.717, 1.165) is 32.2 Å². The molecule has 0 amide bonds. The molecule has 1 fully saturated rings. The number of rotatable bonds is 5. The number of thioether (sulfide) groups is 1. The summed E-state index contributed by atoms with van der Waals surface area (Å²) in [6.45, 7) is 2.74. The van der Waals surface area contributed by atoms with Gasteiger partial charge in [0.2, 0.25) is 11.9 Å². The highest BCUT2D eigenvalue weighted by molar-refractivity contribution is 7.98. The summed E-state index contributed by atoms with van der Waals surface area (Å²) in [7, 11) is 0. The second-order valence-electron chi connectivity index (χ2n) is 4.88. The number of hydrogen-bond acceptors (Lipinski definition) is 7. The van der Waals surface area contributed by atoms with Crippen LogP contribution in [0.1, 0.15) is 39.0 Å². The second-order valence-corrected chi connectivity index (χ2v) is 5.65. The van der Waals surface area contributed by atoms with Gasteiger partial charge in [-0.3, -0.25) is 0 Å². The zero-order valence-corrected chi connectivity index (χ0v) is 12.8. The fourth-order valence-corrected chi connectivity index (χ4v) is 2.73. The normalized spacial score (nSPS) is 17.2. The van der Waals surface area contributed by atoms with Gasteiger partial charge in [-0.05, 0) is 26.0 Å². The van der Waals surface area contributed by atoms with Crippen molar-refractivity contribution < 1.29 is 0 Å². The van der Waals surface area contributed by atoms with E-state index < -0.39 is 5.54 Å². The average molecular weight is 292 g/mol. The molecule has 0 aliphatic heterocycles. The van der Waals surface area contributed by atoms with Gasteiger partial charge in [0.1, 0.15) is 5.54 Å². The van der Waals surface area contributed by atoms with E-state index in [2.05, 4.69) is 31.7 Å². The van der Waals surface area contributed by atoms with Gasteiger partial charge >= 0.3 is 0 Å². The molecular weight excluding hydrogens is 272 g/mol. The lowest BCUT2D eigenvalue weighted by Crippen LogP contribution is -2.39. The van der Waals surface area contributed by atoms with Crippen molar-refractivity contribution in [2.45, 2.75) is 49.7 Å². The predicted octanol–water partition coefficient (Wildman–Crippen LogP) is 2.66. The number of nitriles is 1. The lowest BCUT2D eigenvalue weighted by Gasteiger charge is -2.31. The molecule has 2 N–H and O–H groups in total. The van der Waals surface area contributed by atoms with Crippen LogP contribution in [0.3, 0.4) is 0 Å². The van der Waals surface area contributed by atoms with Crippen molar-refractivity contribution in [3.8, 4) is 6.07 Å². The molecule has 2 rings (SSSR count). The van der Waals surface area contributed by atoms with Crippen LogP contribution >= 0.6 is 11.8 Å². The Kier molecular flexibility index (Phi) is 5.01. The van der Waals surface area contributed by atoms with Crippen molar-refractivity contribution in [3.63, 3.8) is 0 Å². The maximum atomic E-state index is 9.50. The van der Waals surface area contributed by atoms with E-state index >= 15 is 0 Å². The molecule has 108 valence electrons. The van der Waals surface area contributed by atoms with Crippen LogP contribution in [0.15, 0.2) is 5.16 Å². The first kappa shape index (κ1) is 14.9. The highest BCUT2D eigenvalue weighted by Crippen LogP contribution is 2.30. The SMILES string of the molecule is CCNc1nc(NC2(C#N)CCCCC2)nc(SC)n1. The fraction of sp³-hybridized carbons (Fsp3) is 0.692. The Balaban J connectivity index is 2.22. The molecule has 1 aromatic heterocycles. The Bertz CT molecular complexity index is 492. The van der Waals surface area contributed by atoms with E-state index in [0.29, 0.717) is 17.1 Å². The first-order valence-corrected chi connectivity index (χ1v) is 8.17. The molecule has 0 bridgehead atoms. The van der Waals surface area contributed by atoms with Crippen LogP contribution in [-0.4, -0.2) is 33.3 Å². The van der Waals surface area contributed by atoms with Gasteiger partial charge in [-0.2, -0.15) is 20.2 Å². The molecular formula is C13H20N6S. The van der Waals surface area contributed by atoms with Gasteiger partial charge in [0, 0.05) is 6.54 Å². The van der Waals surface area contributed by atoms with Crippen LogP contribution in [0.5, 0.6) is 0 Å². The zero-order chi connectivity index (χ0) is 14.4. The summed E-state index contributed by atoms with van der Waals surface area (Å²) in [6.07, 6.45) is 6.96. The van der Waals surface area contributed by atoms with E-state index in [1.54, 1.807) is 0 Å². The molecule has 1 aliphatic rings. The van der Waals surface area contributed by atoms with Gasteiger partial charge < -0.3 is 10.6 Å². The largest absolute Gasteiger partial charge is 0.354 e. The topological polar surface area (TPSA) is 86.5 Å². The molecule has 0 atom stereocenters. The first-order chi connectivity index (χ1) is 9.71. The average Bonchev–Trinajstić information content (AvgIpc) is 2.48. The molecule has 7 heteroatoms. The Hall–Kier alpha value is -1.55. The van der Waals surface area contributed by atoms with Gasteiger partial charge in [0.25, 0.3) is 0 Å². The van der Waals surface area contributed by atoms with Crippen LogP contribution in [0.4, 0.5) is 11.9 Å². The number of anilines is 2. The third-order valence-corrected chi connectivity index (χ3v) is 3.95.